The molecule has 1 aliphatic carbocycles. The molecule has 22 heavy (non-hydrogen) atoms. The normalized spacial score (nSPS) is 19.0. The molecule has 1 aromatic carbocycles. The van der Waals surface area contributed by atoms with Crippen molar-refractivity contribution in [2.24, 2.45) is 5.92 Å². The van der Waals surface area contributed by atoms with E-state index >= 15 is 0 Å². The number of benzene rings is 1. The highest BCUT2D eigenvalue weighted by Gasteiger charge is 2.32. The highest BCUT2D eigenvalue weighted by molar-refractivity contribution is 5.81. The number of hydrogen-bond donors (Lipinski definition) is 1. The molecule has 1 heterocycles. The molecule has 4 nitrogen and oxygen atoms in total. The zero-order chi connectivity index (χ0) is 15.5. The lowest BCUT2D eigenvalue weighted by molar-refractivity contribution is -0.131. The highest BCUT2D eigenvalue weighted by atomic mass is 19.1. The number of piperidine rings is 1. The van der Waals surface area contributed by atoms with Gasteiger partial charge in [0.15, 0.2) is 0 Å². The van der Waals surface area contributed by atoms with Gasteiger partial charge in [0.05, 0.1) is 6.42 Å². The van der Waals surface area contributed by atoms with Crippen LogP contribution in [0.1, 0.15) is 31.2 Å². The molecule has 0 bridgehead atoms. The zero-order valence-electron chi connectivity index (χ0n) is 12.6. The maximum atomic E-state index is 13.1. The van der Waals surface area contributed by atoms with Gasteiger partial charge in [-0.3, -0.25) is 9.59 Å². The summed E-state index contributed by atoms with van der Waals surface area (Å²) in [5.74, 6) is 0.113. The molecule has 0 aromatic heterocycles. The maximum absolute atomic E-state index is 13.1. The predicted octanol–water partition coefficient (Wildman–Crippen LogP) is 1.89. The third kappa shape index (κ3) is 3.84. The Hall–Kier alpha value is -1.91. The SMILES string of the molecule is O=C(NC1CCN(C(=O)Cc2cccc(F)c2)CC1)C1CC1. The van der Waals surface area contributed by atoms with Gasteiger partial charge in [-0.25, -0.2) is 4.39 Å². The lowest BCUT2D eigenvalue weighted by atomic mass is 10.0. The van der Waals surface area contributed by atoms with Crippen molar-refractivity contribution in [2.75, 3.05) is 13.1 Å². The van der Waals surface area contributed by atoms with E-state index in [0.29, 0.717) is 18.7 Å². The van der Waals surface area contributed by atoms with Gasteiger partial charge in [0, 0.05) is 25.0 Å². The third-order valence-electron chi connectivity index (χ3n) is 4.39. The Kier molecular flexibility index (Phi) is 4.41. The van der Waals surface area contributed by atoms with Crippen molar-refractivity contribution in [1.29, 1.82) is 0 Å². The van der Waals surface area contributed by atoms with Gasteiger partial charge < -0.3 is 10.2 Å². The van der Waals surface area contributed by atoms with Crippen LogP contribution < -0.4 is 5.32 Å². The lowest BCUT2D eigenvalue weighted by Crippen LogP contribution is -2.47. The Labute approximate surface area is 129 Å². The van der Waals surface area contributed by atoms with Gasteiger partial charge in [-0.05, 0) is 43.4 Å². The van der Waals surface area contributed by atoms with E-state index in [9.17, 15) is 14.0 Å². The third-order valence-corrected chi connectivity index (χ3v) is 4.39. The fourth-order valence-electron chi connectivity index (χ4n) is 2.87. The molecule has 1 aromatic rings. The average molecular weight is 304 g/mol. The fraction of sp³-hybridized carbons (Fsp3) is 0.529. The molecular weight excluding hydrogens is 283 g/mol. The molecule has 1 saturated heterocycles. The Bertz CT molecular complexity index is 564. The number of likely N-dealkylation sites (tertiary alicyclic amines) is 1. The molecule has 0 atom stereocenters. The molecule has 5 heteroatoms. The van der Waals surface area contributed by atoms with E-state index in [-0.39, 0.29) is 36.0 Å². The predicted molar refractivity (Wildman–Crippen MR) is 80.6 cm³/mol. The number of nitrogens with one attached hydrogen (secondary N) is 1. The summed E-state index contributed by atoms with van der Waals surface area (Å²) < 4.78 is 13.1. The summed E-state index contributed by atoms with van der Waals surface area (Å²) in [7, 11) is 0. The molecule has 118 valence electrons. The summed E-state index contributed by atoms with van der Waals surface area (Å²) in [4.78, 5) is 25.8. The van der Waals surface area contributed by atoms with E-state index < -0.39 is 0 Å². The number of carbonyl (C=O) groups is 2. The standard InChI is InChI=1S/C17H21FN2O2/c18-14-3-1-2-12(10-14)11-16(21)20-8-6-15(7-9-20)19-17(22)13-4-5-13/h1-3,10,13,15H,4-9,11H2,(H,19,22). The number of carbonyl (C=O) groups excluding carboxylic acids is 2. The summed E-state index contributed by atoms with van der Waals surface area (Å²) in [6, 6.07) is 6.36. The number of hydrogen-bond acceptors (Lipinski definition) is 2. The summed E-state index contributed by atoms with van der Waals surface area (Å²) in [5, 5.41) is 3.07. The zero-order valence-corrected chi connectivity index (χ0v) is 12.6. The largest absolute Gasteiger partial charge is 0.353 e. The van der Waals surface area contributed by atoms with Gasteiger partial charge in [-0.15, -0.1) is 0 Å². The second kappa shape index (κ2) is 6.46. The molecule has 1 saturated carbocycles. The molecular formula is C17H21FN2O2. The minimum absolute atomic E-state index is 0.0255. The second-order valence-electron chi connectivity index (χ2n) is 6.24. The Morgan fingerprint density at radius 3 is 2.55 bits per heavy atom. The van der Waals surface area contributed by atoms with Crippen molar-refractivity contribution in [3.05, 3.63) is 35.6 Å². The van der Waals surface area contributed by atoms with Gasteiger partial charge >= 0.3 is 0 Å². The van der Waals surface area contributed by atoms with Gasteiger partial charge in [0.25, 0.3) is 0 Å². The van der Waals surface area contributed by atoms with Crippen molar-refractivity contribution in [3.63, 3.8) is 0 Å². The first kappa shape index (κ1) is 15.0. The lowest BCUT2D eigenvalue weighted by Gasteiger charge is -2.32. The highest BCUT2D eigenvalue weighted by Crippen LogP contribution is 2.29. The second-order valence-corrected chi connectivity index (χ2v) is 6.24. The van der Waals surface area contributed by atoms with Crippen LogP contribution >= 0.6 is 0 Å². The first-order valence-electron chi connectivity index (χ1n) is 7.94. The minimum atomic E-state index is -0.313. The molecule has 3 rings (SSSR count). The van der Waals surface area contributed by atoms with Crippen LogP contribution in [0.25, 0.3) is 0 Å². The Balaban J connectivity index is 1.46. The first-order chi connectivity index (χ1) is 10.6. The molecule has 2 fully saturated rings. The molecule has 0 unspecified atom stereocenters. The van der Waals surface area contributed by atoms with E-state index in [1.54, 1.807) is 12.1 Å². The topological polar surface area (TPSA) is 49.4 Å². The van der Waals surface area contributed by atoms with Crippen molar-refractivity contribution < 1.29 is 14.0 Å². The summed E-state index contributed by atoms with van der Waals surface area (Å²) in [6.45, 7) is 1.31. The Morgan fingerprint density at radius 2 is 1.91 bits per heavy atom. The van der Waals surface area contributed by atoms with E-state index in [0.717, 1.165) is 25.7 Å². The summed E-state index contributed by atoms with van der Waals surface area (Å²) in [6.07, 6.45) is 3.85. The van der Waals surface area contributed by atoms with Crippen LogP contribution in [0, 0.1) is 11.7 Å². The molecule has 1 aliphatic heterocycles. The quantitative estimate of drug-likeness (QED) is 0.923. The molecule has 2 aliphatic rings. The van der Waals surface area contributed by atoms with Crippen molar-refractivity contribution in [2.45, 2.75) is 38.1 Å². The van der Waals surface area contributed by atoms with Gasteiger partial charge in [-0.2, -0.15) is 0 Å². The van der Waals surface area contributed by atoms with Gasteiger partial charge in [0.2, 0.25) is 11.8 Å². The number of rotatable bonds is 4. The molecule has 0 radical (unpaired) electrons. The number of halogens is 1. The van der Waals surface area contributed by atoms with Gasteiger partial charge in [0.1, 0.15) is 5.82 Å². The maximum Gasteiger partial charge on any atom is 0.226 e. The fourth-order valence-corrected chi connectivity index (χ4v) is 2.87. The molecule has 1 N–H and O–H groups in total. The summed E-state index contributed by atoms with van der Waals surface area (Å²) >= 11 is 0. The van der Waals surface area contributed by atoms with Crippen molar-refractivity contribution >= 4 is 11.8 Å². The number of nitrogens with zero attached hydrogens (tertiary/aromatic N) is 1. The summed E-state index contributed by atoms with van der Waals surface area (Å²) in [5.41, 5.74) is 0.703. The van der Waals surface area contributed by atoms with Crippen molar-refractivity contribution in [3.8, 4) is 0 Å². The molecule has 2 amide bonds. The Morgan fingerprint density at radius 1 is 1.18 bits per heavy atom. The van der Waals surface area contributed by atoms with Crippen molar-refractivity contribution in [1.82, 2.24) is 10.2 Å². The van der Waals surface area contributed by atoms with Gasteiger partial charge in [-0.1, -0.05) is 12.1 Å². The molecule has 0 spiro atoms. The van der Waals surface area contributed by atoms with Crippen LogP contribution in [-0.4, -0.2) is 35.8 Å². The average Bonchev–Trinajstić information content (AvgIpc) is 3.32. The minimum Gasteiger partial charge on any atom is -0.353 e. The smallest absolute Gasteiger partial charge is 0.226 e. The monoisotopic (exact) mass is 304 g/mol. The number of amides is 2. The van der Waals surface area contributed by atoms with Crippen LogP contribution in [0.2, 0.25) is 0 Å². The van der Waals surface area contributed by atoms with Crippen LogP contribution in [0.3, 0.4) is 0 Å². The van der Waals surface area contributed by atoms with E-state index in [1.807, 2.05) is 4.90 Å². The van der Waals surface area contributed by atoms with Crippen LogP contribution in [0.15, 0.2) is 24.3 Å². The van der Waals surface area contributed by atoms with Crippen LogP contribution in [0.4, 0.5) is 4.39 Å². The first-order valence-corrected chi connectivity index (χ1v) is 7.94. The van der Waals surface area contributed by atoms with E-state index in [4.69, 9.17) is 0 Å². The van der Waals surface area contributed by atoms with Crippen LogP contribution in [0.5, 0.6) is 0 Å². The van der Waals surface area contributed by atoms with Crippen LogP contribution in [-0.2, 0) is 16.0 Å². The van der Waals surface area contributed by atoms with E-state index in [2.05, 4.69) is 5.32 Å². The van der Waals surface area contributed by atoms with E-state index in [1.165, 1.54) is 12.1 Å².